The Morgan fingerprint density at radius 2 is 1.00 bits per heavy atom. The number of anilines is 9. The maximum Gasteiger partial charge on any atom is 0.252 e. The topological polar surface area (TPSA) is 14.7 Å². The van der Waals surface area contributed by atoms with E-state index in [1.165, 1.54) is 72.1 Å². The number of fused-ring (bicyclic) bond motifs is 7. The van der Waals surface area contributed by atoms with Gasteiger partial charge in [-0.25, -0.2) is 0 Å². The zero-order valence-electron chi connectivity index (χ0n) is 34.1. The SMILES string of the molecule is Cc1ccc(N2c3ccc(C)cc3B3c4ccc(N(c5ccccc5)c5cccc6c7ccccc7n(-c7ccccc7)c56)cc4N(c4ccccc4)c4cccc2c43)cc1. The van der Waals surface area contributed by atoms with Crippen LogP contribution in [0.3, 0.4) is 0 Å². The minimum atomic E-state index is 0.0287. The van der Waals surface area contributed by atoms with Crippen LogP contribution in [0.4, 0.5) is 51.2 Å². The summed E-state index contributed by atoms with van der Waals surface area (Å²) in [7, 11) is 0. The third-order valence-electron chi connectivity index (χ3n) is 12.6. The maximum atomic E-state index is 2.49. The molecule has 12 rings (SSSR count). The Kier molecular flexibility index (Phi) is 8.04. The summed E-state index contributed by atoms with van der Waals surface area (Å²) in [5.74, 6) is 0. The summed E-state index contributed by atoms with van der Waals surface area (Å²) in [6, 6.07) is 78.0. The smallest absolute Gasteiger partial charge is 0.252 e. The minimum Gasteiger partial charge on any atom is -0.311 e. The van der Waals surface area contributed by atoms with Crippen molar-refractivity contribution in [2.24, 2.45) is 0 Å². The molecule has 0 N–H and O–H groups in total. The van der Waals surface area contributed by atoms with Crippen molar-refractivity contribution in [3.05, 3.63) is 223 Å². The molecule has 9 aromatic carbocycles. The first-order chi connectivity index (χ1) is 30.1. The summed E-state index contributed by atoms with van der Waals surface area (Å²) in [6.45, 7) is 4.40. The molecular formula is C56H41BN4. The van der Waals surface area contributed by atoms with Crippen LogP contribution in [0.1, 0.15) is 11.1 Å². The molecule has 1 aromatic heterocycles. The Balaban J connectivity index is 1.14. The fraction of sp³-hybridized carbons (Fsp3) is 0.0357. The van der Waals surface area contributed by atoms with Gasteiger partial charge in [-0.15, -0.1) is 0 Å². The molecule has 0 radical (unpaired) electrons. The van der Waals surface area contributed by atoms with Crippen molar-refractivity contribution in [2.45, 2.75) is 13.8 Å². The molecule has 4 nitrogen and oxygen atoms in total. The second-order valence-electron chi connectivity index (χ2n) is 16.3. The van der Waals surface area contributed by atoms with Gasteiger partial charge in [-0.1, -0.05) is 132 Å². The lowest BCUT2D eigenvalue weighted by atomic mass is 9.33. The molecule has 0 fully saturated rings. The van der Waals surface area contributed by atoms with Gasteiger partial charge in [0.05, 0.1) is 16.7 Å². The Hall–Kier alpha value is -7.76. The molecule has 0 bridgehead atoms. The largest absolute Gasteiger partial charge is 0.311 e. The zero-order chi connectivity index (χ0) is 40.6. The number of para-hydroxylation sites is 5. The zero-order valence-corrected chi connectivity index (χ0v) is 34.1. The third kappa shape index (κ3) is 5.47. The summed E-state index contributed by atoms with van der Waals surface area (Å²) in [4.78, 5) is 7.41. The molecule has 61 heavy (non-hydrogen) atoms. The summed E-state index contributed by atoms with van der Waals surface area (Å²) in [5, 5.41) is 2.45. The monoisotopic (exact) mass is 780 g/mol. The highest BCUT2D eigenvalue weighted by Gasteiger charge is 2.43. The van der Waals surface area contributed by atoms with E-state index < -0.39 is 0 Å². The molecule has 3 heterocycles. The van der Waals surface area contributed by atoms with Gasteiger partial charge in [-0.05, 0) is 121 Å². The highest BCUT2D eigenvalue weighted by Crippen LogP contribution is 2.47. The van der Waals surface area contributed by atoms with Crippen molar-refractivity contribution in [2.75, 3.05) is 14.7 Å². The highest BCUT2D eigenvalue weighted by molar-refractivity contribution is 7.00. The van der Waals surface area contributed by atoms with Gasteiger partial charge in [0.15, 0.2) is 0 Å². The number of hydrogen-bond donors (Lipinski definition) is 0. The molecule has 2 aliphatic heterocycles. The first-order valence-electron chi connectivity index (χ1n) is 21.1. The van der Waals surface area contributed by atoms with Gasteiger partial charge in [0.25, 0.3) is 6.71 Å². The van der Waals surface area contributed by atoms with Crippen LogP contribution in [0.15, 0.2) is 212 Å². The fourth-order valence-electron chi connectivity index (χ4n) is 10.0. The van der Waals surface area contributed by atoms with E-state index in [9.17, 15) is 0 Å². The molecule has 0 amide bonds. The van der Waals surface area contributed by atoms with E-state index in [0.717, 1.165) is 34.1 Å². The summed E-state index contributed by atoms with van der Waals surface area (Å²) in [5.41, 5.74) is 20.3. The van der Waals surface area contributed by atoms with Gasteiger partial charge in [0.2, 0.25) is 0 Å². The standard InChI is InChI=1S/C56H41BN4/c1-38-28-31-43(32-29-38)59-50-35-30-39(2)36-48(50)57-47-34-33-44(37-54(47)60(41-18-8-4-9-19-41)52-26-15-25-51(59)55(52)57)58(40-16-6-3-7-17-40)53-27-14-23-46-45-22-12-13-24-49(45)61(56(46)53)42-20-10-5-11-21-42/h3-37H,1-2H3. The Labute approximate surface area is 356 Å². The lowest BCUT2D eigenvalue weighted by molar-refractivity contribution is 1.17. The number of benzene rings is 9. The molecule has 5 heteroatoms. The van der Waals surface area contributed by atoms with E-state index in [2.05, 4.69) is 245 Å². The summed E-state index contributed by atoms with van der Waals surface area (Å²) < 4.78 is 2.43. The Morgan fingerprint density at radius 3 is 1.75 bits per heavy atom. The summed E-state index contributed by atoms with van der Waals surface area (Å²) in [6.07, 6.45) is 0. The molecular weight excluding hydrogens is 739 g/mol. The number of aryl methyl sites for hydroxylation is 2. The van der Waals surface area contributed by atoms with Crippen LogP contribution < -0.4 is 31.1 Å². The van der Waals surface area contributed by atoms with Crippen molar-refractivity contribution in [3.63, 3.8) is 0 Å². The van der Waals surface area contributed by atoms with Crippen molar-refractivity contribution in [1.29, 1.82) is 0 Å². The van der Waals surface area contributed by atoms with Crippen LogP contribution in [0.5, 0.6) is 0 Å². The number of hydrogen-bond acceptors (Lipinski definition) is 3. The van der Waals surface area contributed by atoms with Crippen LogP contribution in [0.2, 0.25) is 0 Å². The van der Waals surface area contributed by atoms with Crippen LogP contribution in [-0.2, 0) is 0 Å². The van der Waals surface area contributed by atoms with Gasteiger partial charge in [-0.2, -0.15) is 0 Å². The minimum absolute atomic E-state index is 0.0287. The van der Waals surface area contributed by atoms with Gasteiger partial charge < -0.3 is 19.3 Å². The normalized spacial score (nSPS) is 12.7. The van der Waals surface area contributed by atoms with Crippen molar-refractivity contribution < 1.29 is 0 Å². The van der Waals surface area contributed by atoms with Crippen LogP contribution in [0.25, 0.3) is 27.5 Å². The molecule has 2 aliphatic rings. The average Bonchev–Trinajstić information content (AvgIpc) is 3.65. The van der Waals surface area contributed by atoms with Gasteiger partial charge in [0, 0.05) is 62.0 Å². The molecule has 0 aliphatic carbocycles. The quantitative estimate of drug-likeness (QED) is 0.156. The van der Waals surface area contributed by atoms with Gasteiger partial charge >= 0.3 is 0 Å². The maximum absolute atomic E-state index is 2.49. The van der Waals surface area contributed by atoms with Crippen molar-refractivity contribution >= 4 is 96.1 Å². The first-order valence-corrected chi connectivity index (χ1v) is 21.1. The third-order valence-corrected chi connectivity index (χ3v) is 12.6. The van der Waals surface area contributed by atoms with E-state index in [0.29, 0.717) is 0 Å². The predicted molar refractivity (Wildman–Crippen MR) is 259 cm³/mol. The lowest BCUT2D eigenvalue weighted by Crippen LogP contribution is -2.61. The van der Waals surface area contributed by atoms with Gasteiger partial charge in [-0.3, -0.25) is 0 Å². The van der Waals surface area contributed by atoms with E-state index >= 15 is 0 Å². The Morgan fingerprint density at radius 1 is 0.393 bits per heavy atom. The molecule has 0 spiro atoms. The van der Waals surface area contributed by atoms with Crippen LogP contribution in [-0.4, -0.2) is 11.3 Å². The first kappa shape index (κ1) is 35.2. The second-order valence-corrected chi connectivity index (χ2v) is 16.3. The molecule has 10 aromatic rings. The fourth-order valence-corrected chi connectivity index (χ4v) is 10.0. The van der Waals surface area contributed by atoms with E-state index in [1.54, 1.807) is 0 Å². The van der Waals surface area contributed by atoms with Crippen molar-refractivity contribution in [1.82, 2.24) is 4.57 Å². The average molecular weight is 781 g/mol. The van der Waals surface area contributed by atoms with E-state index in [-0.39, 0.29) is 6.71 Å². The number of aromatic nitrogens is 1. The molecule has 0 atom stereocenters. The number of nitrogens with zero attached hydrogens (tertiary/aromatic N) is 4. The number of rotatable bonds is 6. The highest BCUT2D eigenvalue weighted by atomic mass is 15.2. The van der Waals surface area contributed by atoms with Crippen LogP contribution >= 0.6 is 0 Å². The molecule has 0 unspecified atom stereocenters. The summed E-state index contributed by atoms with van der Waals surface area (Å²) >= 11 is 0. The van der Waals surface area contributed by atoms with Gasteiger partial charge in [0.1, 0.15) is 0 Å². The Bertz CT molecular complexity index is 3290. The van der Waals surface area contributed by atoms with E-state index in [1.807, 2.05) is 0 Å². The second kappa shape index (κ2) is 13.9. The van der Waals surface area contributed by atoms with E-state index in [4.69, 9.17) is 0 Å². The lowest BCUT2D eigenvalue weighted by Gasteiger charge is -2.44. The molecule has 288 valence electrons. The molecule has 0 saturated heterocycles. The van der Waals surface area contributed by atoms with Crippen molar-refractivity contribution in [3.8, 4) is 5.69 Å². The predicted octanol–water partition coefficient (Wildman–Crippen LogP) is 13.0. The van der Waals surface area contributed by atoms with Crippen LogP contribution in [0, 0.1) is 13.8 Å². The molecule has 0 saturated carbocycles.